The molecule has 0 bridgehead atoms. The summed E-state index contributed by atoms with van der Waals surface area (Å²) in [5.41, 5.74) is 3.17. The van der Waals surface area contributed by atoms with Gasteiger partial charge in [-0.05, 0) is 171 Å². The Balaban J connectivity index is 0.984. The highest BCUT2D eigenvalue weighted by molar-refractivity contribution is 8.77. The molecule has 3 aromatic heterocycles. The van der Waals surface area contributed by atoms with Crippen molar-refractivity contribution in [1.82, 2.24) is 44.3 Å². The third kappa shape index (κ3) is 17.5. The number of aliphatic hydroxyl groups excluding tert-OH is 3. The molecule has 9 N–H and O–H groups in total. The molecule has 93 heavy (non-hydrogen) atoms. The lowest BCUT2D eigenvalue weighted by Gasteiger charge is -2.29. The van der Waals surface area contributed by atoms with E-state index >= 15 is 0 Å². The number of anilines is 6. The van der Waals surface area contributed by atoms with Crippen molar-refractivity contribution in [3.8, 4) is 17.1 Å². The molecular weight excluding hydrogens is 1390 g/mol. The van der Waals surface area contributed by atoms with Gasteiger partial charge in [0.1, 0.15) is 0 Å². The van der Waals surface area contributed by atoms with Crippen molar-refractivity contribution >= 4 is 173 Å². The molecule has 3 heterocycles. The van der Waals surface area contributed by atoms with Crippen molar-refractivity contribution in [3.63, 3.8) is 0 Å². The zero-order valence-electron chi connectivity index (χ0n) is 47.5. The molecule has 3 unspecified atom stereocenters. The number of hydrogen-bond acceptors (Lipinski definition) is 24. The normalized spacial score (nSPS) is 12.1. The molecule has 36 heteroatoms. The number of rotatable bonds is 30. The van der Waals surface area contributed by atoms with Crippen molar-refractivity contribution in [3.05, 3.63) is 161 Å². The summed E-state index contributed by atoms with van der Waals surface area (Å²) in [5.74, 6) is -5.94. The van der Waals surface area contributed by atoms with Gasteiger partial charge in [0.25, 0.3) is 0 Å². The van der Waals surface area contributed by atoms with Crippen LogP contribution in [0.1, 0.15) is 0 Å². The highest BCUT2D eigenvalue weighted by Gasteiger charge is 2.31. The number of carboxylic acid groups (broad SMARTS) is 3. The Morgan fingerprint density at radius 2 is 0.667 bits per heavy atom. The third-order valence-corrected chi connectivity index (χ3v) is 18.7. The Bertz CT molecular complexity index is 3980. The van der Waals surface area contributed by atoms with Crippen molar-refractivity contribution < 1.29 is 59.4 Å². The van der Waals surface area contributed by atoms with Crippen LogP contribution >= 0.6 is 103 Å². The Labute approximate surface area is 569 Å². The van der Waals surface area contributed by atoms with Gasteiger partial charge in [0.05, 0.1) is 56.5 Å². The Hall–Kier alpha value is -8.19. The molecular formula is C57H50Cl3N15O12S6. The van der Waals surface area contributed by atoms with E-state index in [2.05, 4.69) is 71.8 Å². The standard InChI is InChI=1S/C57H50Cl3N15O12S6/c58-31-10-16-37(17-11-31)70(43(28-76)49(82)83)25-46(79)61-34-4-1-7-40(22-34)73-52(88)64-66-54(73)90-92-56-68-69-57(75(56)42-9-3-6-36(24-42)63-48(81)27-72(45(30-78)51(86)87)39-20-14-33(60)15-21-39)93-91-55-67-65-53(89)74(55)41-8-2-5-35(23-41)62-47(80)26-71(44(29-77)50(84)85)38-18-12-32(59)13-19-38/h1-24,43-45,76-78H,25-30H2,(H,61,79)(H,62,80)(H,63,81)(H,64,88)(H,65,89)(H,82,83)(H,84,85)(H,86,87). The number of aliphatic carboxylic acids is 3. The number of hydrogen-bond donors (Lipinski definition) is 11. The monoisotopic (exact) mass is 1430 g/mol. The number of carbonyl (C=O) groups is 6. The smallest absolute Gasteiger partial charge is 0.328 e. The molecule has 9 rings (SSSR count). The van der Waals surface area contributed by atoms with Gasteiger partial charge < -0.3 is 61.3 Å². The number of carboxylic acids is 3. The summed E-state index contributed by atoms with van der Waals surface area (Å²) >= 11 is 27.5. The van der Waals surface area contributed by atoms with Crippen LogP contribution in [-0.4, -0.2) is 168 Å². The number of aliphatic hydroxyl groups is 3. The number of benzene rings is 6. The first-order valence-electron chi connectivity index (χ1n) is 26.9. The van der Waals surface area contributed by atoms with E-state index < -0.39 is 93.2 Å². The first-order valence-corrected chi connectivity index (χ1v) is 33.3. The van der Waals surface area contributed by atoms with E-state index in [9.17, 15) is 59.4 Å². The predicted molar refractivity (Wildman–Crippen MR) is 360 cm³/mol. The van der Waals surface area contributed by atoms with Gasteiger partial charge >= 0.3 is 17.9 Å². The summed E-state index contributed by atoms with van der Waals surface area (Å²) in [6.07, 6.45) is 0. The molecule has 482 valence electrons. The SMILES string of the molecule is O=C(CN(c1ccc(Cl)cc1)C(CO)C(=O)O)Nc1cccc(-n2c(S)nnc2SSc2nnc(SSc3nnc(S)n3-c3cccc(NC(=O)CN(c4ccc(Cl)cc4)C(CO)C(=O)O)c3)n2-c2cccc(NC(=O)CN(c3ccc(Cl)cc3)C(CO)C(=O)O)c2)c1. The molecule has 0 saturated carbocycles. The fourth-order valence-electron chi connectivity index (χ4n) is 9.03. The van der Waals surface area contributed by atoms with Crippen LogP contribution in [0.15, 0.2) is 177 Å². The fraction of sp³-hybridized carbons (Fsp3) is 0.158. The van der Waals surface area contributed by atoms with Gasteiger partial charge in [-0.3, -0.25) is 28.1 Å². The molecule has 0 saturated heterocycles. The van der Waals surface area contributed by atoms with E-state index in [1.165, 1.54) is 87.5 Å². The van der Waals surface area contributed by atoms with Crippen molar-refractivity contribution in [2.24, 2.45) is 0 Å². The van der Waals surface area contributed by atoms with E-state index in [-0.39, 0.29) is 36.6 Å². The second-order valence-electron chi connectivity index (χ2n) is 19.4. The Morgan fingerprint density at radius 1 is 0.409 bits per heavy atom. The molecule has 27 nitrogen and oxygen atoms in total. The highest BCUT2D eigenvalue weighted by atomic mass is 35.5. The van der Waals surface area contributed by atoms with Crippen LogP contribution in [0.25, 0.3) is 17.1 Å². The summed E-state index contributed by atoms with van der Waals surface area (Å²) in [5, 5.41) is 97.2. The molecule has 0 spiro atoms. The van der Waals surface area contributed by atoms with Crippen molar-refractivity contribution in [2.75, 3.05) is 70.1 Å². The lowest BCUT2D eigenvalue weighted by molar-refractivity contribution is -0.140. The highest BCUT2D eigenvalue weighted by Crippen LogP contribution is 2.44. The minimum absolute atomic E-state index is 0.150. The molecule has 0 aliphatic heterocycles. The minimum atomic E-state index is -1.50. The van der Waals surface area contributed by atoms with Crippen LogP contribution in [-0.2, 0) is 28.8 Å². The molecule has 0 aliphatic rings. The van der Waals surface area contributed by atoms with E-state index in [0.29, 0.717) is 60.6 Å². The van der Waals surface area contributed by atoms with Crippen LogP contribution in [0.5, 0.6) is 0 Å². The summed E-state index contributed by atoms with van der Waals surface area (Å²) in [6.45, 7) is -3.83. The van der Waals surface area contributed by atoms with Crippen LogP contribution in [0.2, 0.25) is 15.1 Å². The van der Waals surface area contributed by atoms with Gasteiger partial charge in [-0.15, -0.1) is 55.8 Å². The second kappa shape index (κ2) is 32.1. The largest absolute Gasteiger partial charge is 0.480 e. The number of nitrogens with one attached hydrogen (secondary N) is 3. The number of amides is 3. The maximum Gasteiger partial charge on any atom is 0.328 e. The average Bonchev–Trinajstić information content (AvgIpc) is 1.75. The number of carbonyl (C=O) groups excluding carboxylic acids is 3. The molecule has 3 amide bonds. The zero-order valence-corrected chi connectivity index (χ0v) is 54.8. The quantitative estimate of drug-likeness (QED) is 0.0149. The first-order chi connectivity index (χ1) is 44.7. The van der Waals surface area contributed by atoms with Gasteiger partial charge in [-0.25, -0.2) is 14.4 Å². The van der Waals surface area contributed by atoms with Crippen LogP contribution in [0.4, 0.5) is 34.1 Å². The Morgan fingerprint density at radius 3 is 0.935 bits per heavy atom. The van der Waals surface area contributed by atoms with Gasteiger partial charge in [0.15, 0.2) is 28.4 Å². The van der Waals surface area contributed by atoms with Gasteiger partial charge in [-0.1, -0.05) is 53.0 Å². The summed E-state index contributed by atoms with van der Waals surface area (Å²) < 4.78 is 4.86. The van der Waals surface area contributed by atoms with Crippen molar-refractivity contribution in [1.29, 1.82) is 0 Å². The van der Waals surface area contributed by atoms with Gasteiger partial charge in [-0.2, -0.15) is 0 Å². The van der Waals surface area contributed by atoms with Crippen LogP contribution in [0, 0.1) is 0 Å². The van der Waals surface area contributed by atoms with Crippen LogP contribution < -0.4 is 30.7 Å². The van der Waals surface area contributed by atoms with Crippen LogP contribution in [0.3, 0.4) is 0 Å². The Kier molecular flexibility index (Phi) is 23.9. The minimum Gasteiger partial charge on any atom is -0.480 e. The van der Waals surface area contributed by atoms with Crippen molar-refractivity contribution in [2.45, 2.75) is 49.1 Å². The number of thiol groups is 2. The lowest BCUT2D eigenvalue weighted by Crippen LogP contribution is -2.47. The van der Waals surface area contributed by atoms with E-state index in [4.69, 9.17) is 34.8 Å². The predicted octanol–water partition coefficient (Wildman–Crippen LogP) is 8.24. The summed E-state index contributed by atoms with van der Waals surface area (Å²) in [7, 11) is 4.41. The number of nitrogens with zero attached hydrogens (tertiary/aromatic N) is 12. The molecule has 3 atom stereocenters. The molecule has 6 aromatic carbocycles. The topological polar surface area (TPSA) is 362 Å². The number of halogens is 3. The maximum atomic E-state index is 13.9. The van der Waals surface area contributed by atoms with E-state index in [1.807, 2.05) is 0 Å². The van der Waals surface area contributed by atoms with Gasteiger partial charge in [0.2, 0.25) is 38.3 Å². The molecule has 9 aromatic rings. The lowest BCUT2D eigenvalue weighted by atomic mass is 10.2. The third-order valence-electron chi connectivity index (χ3n) is 13.3. The van der Waals surface area contributed by atoms with Gasteiger partial charge in [0, 0.05) is 49.2 Å². The average molecular weight is 1440 g/mol. The molecule has 0 fully saturated rings. The molecule has 0 aliphatic carbocycles. The first kappa shape index (κ1) is 69.2. The molecule has 0 radical (unpaired) electrons. The summed E-state index contributed by atoms with van der Waals surface area (Å²) in [4.78, 5) is 81.5. The maximum absolute atomic E-state index is 13.9. The van der Waals surface area contributed by atoms with E-state index in [1.54, 1.807) is 86.5 Å². The second-order valence-corrected chi connectivity index (χ2v) is 25.6. The number of aromatic nitrogens is 9. The zero-order chi connectivity index (χ0) is 66.5. The summed E-state index contributed by atoms with van der Waals surface area (Å²) in [6, 6.07) is 33.7. The van der Waals surface area contributed by atoms with E-state index in [0.717, 1.165) is 43.2 Å². The fourth-order valence-corrected chi connectivity index (χ4v) is 14.0.